The third-order valence-corrected chi connectivity index (χ3v) is 4.01. The van der Waals surface area contributed by atoms with Gasteiger partial charge in [-0.05, 0) is 37.7 Å². The van der Waals surface area contributed by atoms with E-state index in [-0.39, 0.29) is 18.1 Å². The van der Waals surface area contributed by atoms with Crippen LogP contribution in [0.5, 0.6) is 0 Å². The van der Waals surface area contributed by atoms with Crippen molar-refractivity contribution in [3.8, 4) is 0 Å². The van der Waals surface area contributed by atoms with Crippen molar-refractivity contribution in [3.63, 3.8) is 0 Å². The summed E-state index contributed by atoms with van der Waals surface area (Å²) >= 11 is 0. The lowest BCUT2D eigenvalue weighted by atomic mass is 10.0. The van der Waals surface area contributed by atoms with Crippen LogP contribution in [-0.2, 0) is 16.0 Å². The lowest BCUT2D eigenvalue weighted by Crippen LogP contribution is -2.48. The molecule has 0 saturated heterocycles. The van der Waals surface area contributed by atoms with Crippen molar-refractivity contribution in [3.05, 3.63) is 35.9 Å². The molecule has 1 aromatic carbocycles. The molecule has 1 aliphatic carbocycles. The number of rotatable bonds is 6. The Morgan fingerprint density at radius 1 is 1.40 bits per heavy atom. The van der Waals surface area contributed by atoms with Crippen LogP contribution in [0.15, 0.2) is 30.3 Å². The van der Waals surface area contributed by atoms with Gasteiger partial charge in [0.2, 0.25) is 5.91 Å². The Morgan fingerprint density at radius 2 is 2.15 bits per heavy atom. The average Bonchev–Trinajstić information content (AvgIpc) is 2.93. The molecule has 1 saturated carbocycles. The van der Waals surface area contributed by atoms with Crippen molar-refractivity contribution in [2.24, 2.45) is 5.73 Å². The molecule has 0 aliphatic heterocycles. The van der Waals surface area contributed by atoms with Gasteiger partial charge in [-0.15, -0.1) is 0 Å². The highest BCUT2D eigenvalue weighted by Crippen LogP contribution is 2.21. The van der Waals surface area contributed by atoms with Gasteiger partial charge in [0, 0.05) is 7.11 Å². The number of hydrogen-bond donors (Lipinski definition) is 2. The lowest BCUT2D eigenvalue weighted by molar-refractivity contribution is -0.124. The van der Waals surface area contributed by atoms with Crippen LogP contribution in [0.25, 0.3) is 0 Å². The van der Waals surface area contributed by atoms with Crippen molar-refractivity contribution in [1.82, 2.24) is 5.32 Å². The largest absolute Gasteiger partial charge is 0.379 e. The predicted molar refractivity (Wildman–Crippen MR) is 79.3 cm³/mol. The zero-order valence-corrected chi connectivity index (χ0v) is 12.0. The number of carbonyl (C=O) groups is 1. The molecule has 0 heterocycles. The minimum absolute atomic E-state index is 0.0603. The smallest absolute Gasteiger partial charge is 0.237 e. The molecule has 0 radical (unpaired) electrons. The predicted octanol–water partition coefficient (Wildman–Crippen LogP) is 1.63. The highest BCUT2D eigenvalue weighted by atomic mass is 16.5. The maximum absolute atomic E-state index is 12.1. The van der Waals surface area contributed by atoms with E-state index in [0.29, 0.717) is 6.42 Å². The normalized spacial score (nSPS) is 23.5. The second-order valence-corrected chi connectivity index (χ2v) is 5.45. The van der Waals surface area contributed by atoms with Gasteiger partial charge in [-0.3, -0.25) is 4.79 Å². The molecule has 4 nitrogen and oxygen atoms in total. The first-order valence-electron chi connectivity index (χ1n) is 7.33. The summed E-state index contributed by atoms with van der Waals surface area (Å²) in [5.41, 5.74) is 7.19. The van der Waals surface area contributed by atoms with E-state index in [0.717, 1.165) is 25.7 Å². The molecule has 0 bridgehead atoms. The fourth-order valence-corrected chi connectivity index (χ4v) is 2.76. The molecule has 3 N–H and O–H groups in total. The fraction of sp³-hybridized carbons (Fsp3) is 0.562. The molecule has 1 aliphatic rings. The van der Waals surface area contributed by atoms with Crippen LogP contribution < -0.4 is 11.1 Å². The Morgan fingerprint density at radius 3 is 2.85 bits per heavy atom. The van der Waals surface area contributed by atoms with E-state index in [1.807, 2.05) is 18.2 Å². The Balaban J connectivity index is 1.77. The lowest BCUT2D eigenvalue weighted by Gasteiger charge is -2.21. The molecule has 0 aromatic heterocycles. The molecule has 2 rings (SSSR count). The maximum atomic E-state index is 12.1. The first-order valence-corrected chi connectivity index (χ1v) is 7.33. The average molecular weight is 276 g/mol. The van der Waals surface area contributed by atoms with Crippen LogP contribution in [-0.4, -0.2) is 31.2 Å². The standard InChI is InChI=1S/C16H24N2O2/c1-20-15-9-5-8-14(15)18-16(19)13(17)11-10-12-6-3-2-4-7-12/h2-4,6-7,13-15H,5,8-11,17H2,1H3,(H,18,19)/t13-,14?,15?/m0/s1. The number of ether oxygens (including phenoxy) is 1. The Labute approximate surface area is 120 Å². The van der Waals surface area contributed by atoms with Gasteiger partial charge in [-0.1, -0.05) is 30.3 Å². The van der Waals surface area contributed by atoms with E-state index < -0.39 is 6.04 Å². The molecule has 20 heavy (non-hydrogen) atoms. The SMILES string of the molecule is COC1CCCC1NC(=O)[C@@H](N)CCc1ccccc1. The molecule has 1 aromatic rings. The van der Waals surface area contributed by atoms with Gasteiger partial charge in [-0.2, -0.15) is 0 Å². The van der Waals surface area contributed by atoms with E-state index in [2.05, 4.69) is 17.4 Å². The quantitative estimate of drug-likeness (QED) is 0.830. The van der Waals surface area contributed by atoms with Crippen molar-refractivity contribution < 1.29 is 9.53 Å². The van der Waals surface area contributed by atoms with E-state index in [1.54, 1.807) is 7.11 Å². The van der Waals surface area contributed by atoms with Crippen LogP contribution in [0.1, 0.15) is 31.2 Å². The van der Waals surface area contributed by atoms with Crippen LogP contribution in [0.4, 0.5) is 0 Å². The molecule has 0 spiro atoms. The zero-order chi connectivity index (χ0) is 14.4. The fourth-order valence-electron chi connectivity index (χ4n) is 2.76. The van der Waals surface area contributed by atoms with Gasteiger partial charge in [-0.25, -0.2) is 0 Å². The molecule has 1 fully saturated rings. The molecule has 110 valence electrons. The summed E-state index contributed by atoms with van der Waals surface area (Å²) < 4.78 is 5.38. The van der Waals surface area contributed by atoms with Gasteiger partial charge in [0.05, 0.1) is 18.2 Å². The monoisotopic (exact) mass is 276 g/mol. The second kappa shape index (κ2) is 7.41. The molecule has 1 amide bonds. The number of nitrogens with one attached hydrogen (secondary N) is 1. The van der Waals surface area contributed by atoms with Gasteiger partial charge >= 0.3 is 0 Å². The van der Waals surface area contributed by atoms with Crippen molar-refractivity contribution >= 4 is 5.91 Å². The summed E-state index contributed by atoms with van der Waals surface area (Å²) in [6.45, 7) is 0. The van der Waals surface area contributed by atoms with E-state index in [9.17, 15) is 4.79 Å². The number of benzene rings is 1. The van der Waals surface area contributed by atoms with Crippen LogP contribution >= 0.6 is 0 Å². The first-order chi connectivity index (χ1) is 9.70. The highest BCUT2D eigenvalue weighted by molar-refractivity contribution is 5.81. The molecule has 4 heteroatoms. The number of nitrogens with two attached hydrogens (primary N) is 1. The highest BCUT2D eigenvalue weighted by Gasteiger charge is 2.29. The third-order valence-electron chi connectivity index (χ3n) is 4.01. The minimum atomic E-state index is -0.451. The van der Waals surface area contributed by atoms with Crippen molar-refractivity contribution in [2.45, 2.75) is 50.3 Å². The summed E-state index contributed by atoms with van der Waals surface area (Å²) in [7, 11) is 1.70. The van der Waals surface area contributed by atoms with Crippen LogP contribution in [0, 0.1) is 0 Å². The minimum Gasteiger partial charge on any atom is -0.379 e. The van der Waals surface area contributed by atoms with Gasteiger partial charge < -0.3 is 15.8 Å². The topological polar surface area (TPSA) is 64.3 Å². The molecular weight excluding hydrogens is 252 g/mol. The summed E-state index contributed by atoms with van der Waals surface area (Å²) in [5.74, 6) is -0.0603. The van der Waals surface area contributed by atoms with Gasteiger partial charge in [0.15, 0.2) is 0 Å². The third kappa shape index (κ3) is 4.05. The van der Waals surface area contributed by atoms with Gasteiger partial charge in [0.25, 0.3) is 0 Å². The van der Waals surface area contributed by atoms with Crippen LogP contribution in [0.2, 0.25) is 0 Å². The molecule has 3 atom stereocenters. The Kier molecular flexibility index (Phi) is 5.56. The Bertz CT molecular complexity index is 422. The number of amides is 1. The van der Waals surface area contributed by atoms with E-state index in [4.69, 9.17) is 10.5 Å². The Hall–Kier alpha value is -1.39. The van der Waals surface area contributed by atoms with Crippen molar-refractivity contribution in [2.75, 3.05) is 7.11 Å². The van der Waals surface area contributed by atoms with Crippen LogP contribution in [0.3, 0.4) is 0 Å². The number of hydrogen-bond acceptors (Lipinski definition) is 3. The maximum Gasteiger partial charge on any atom is 0.237 e. The summed E-state index contributed by atoms with van der Waals surface area (Å²) in [4.78, 5) is 12.1. The summed E-state index contributed by atoms with van der Waals surface area (Å²) in [5, 5.41) is 3.03. The summed E-state index contributed by atoms with van der Waals surface area (Å²) in [6.07, 6.45) is 4.73. The summed E-state index contributed by atoms with van der Waals surface area (Å²) in [6, 6.07) is 9.78. The number of carbonyl (C=O) groups excluding carboxylic acids is 1. The van der Waals surface area contributed by atoms with Gasteiger partial charge in [0.1, 0.15) is 0 Å². The van der Waals surface area contributed by atoms with E-state index >= 15 is 0 Å². The molecular formula is C16H24N2O2. The van der Waals surface area contributed by atoms with Crippen molar-refractivity contribution in [1.29, 1.82) is 0 Å². The number of aryl methyl sites for hydroxylation is 1. The zero-order valence-electron chi connectivity index (χ0n) is 12.0. The second-order valence-electron chi connectivity index (χ2n) is 5.45. The number of methoxy groups -OCH3 is 1. The molecule has 2 unspecified atom stereocenters. The van der Waals surface area contributed by atoms with E-state index in [1.165, 1.54) is 5.56 Å². The first kappa shape index (κ1) is 15.0.